The van der Waals surface area contributed by atoms with Crippen LogP contribution in [-0.4, -0.2) is 37.8 Å². The van der Waals surface area contributed by atoms with Crippen molar-refractivity contribution in [1.29, 1.82) is 0 Å². The number of hydrogen-bond donors (Lipinski definition) is 1. The highest BCUT2D eigenvalue weighted by atomic mass is 79.9. The van der Waals surface area contributed by atoms with Crippen LogP contribution in [0.25, 0.3) is 0 Å². The number of alkyl halides is 1. The lowest BCUT2D eigenvalue weighted by molar-refractivity contribution is 0.445. The normalized spacial score (nSPS) is 14.5. The van der Waals surface area contributed by atoms with Crippen molar-refractivity contribution in [2.24, 2.45) is 5.92 Å². The Balaban J connectivity index is 3.87. The molecule has 1 unspecified atom stereocenters. The van der Waals surface area contributed by atoms with Crippen LogP contribution in [0.5, 0.6) is 0 Å². The summed E-state index contributed by atoms with van der Waals surface area (Å²) in [5, 5.41) is 4.12. The second kappa shape index (κ2) is 7.63. The van der Waals surface area contributed by atoms with Crippen molar-refractivity contribution < 1.29 is 8.42 Å². The molecular weight excluding hydrogens is 278 g/mol. The number of hydrogen-bond acceptors (Lipinski definition) is 3. The molecule has 0 rings (SSSR count). The van der Waals surface area contributed by atoms with E-state index in [0.29, 0.717) is 30.7 Å². The number of nitrogens with one attached hydrogen (secondary N) is 1. The topological polar surface area (TPSA) is 46.2 Å². The summed E-state index contributed by atoms with van der Waals surface area (Å²) in [4.78, 5) is 0. The summed E-state index contributed by atoms with van der Waals surface area (Å²) in [5.74, 6) is 1.06. The maximum absolute atomic E-state index is 11.4. The van der Waals surface area contributed by atoms with Crippen molar-refractivity contribution in [2.45, 2.75) is 33.2 Å². The molecule has 0 aromatic carbocycles. The highest BCUT2D eigenvalue weighted by Crippen LogP contribution is 2.04. The first-order valence-corrected chi connectivity index (χ1v) is 8.37. The lowest BCUT2D eigenvalue weighted by Gasteiger charge is -2.19. The van der Waals surface area contributed by atoms with Crippen molar-refractivity contribution in [2.75, 3.05) is 23.4 Å². The van der Waals surface area contributed by atoms with E-state index in [2.05, 4.69) is 35.1 Å². The van der Waals surface area contributed by atoms with E-state index < -0.39 is 9.84 Å². The average Bonchev–Trinajstić information content (AvgIpc) is 2.11. The van der Waals surface area contributed by atoms with E-state index in [1.54, 1.807) is 0 Å². The van der Waals surface area contributed by atoms with E-state index >= 15 is 0 Å². The van der Waals surface area contributed by atoms with Crippen LogP contribution in [0.2, 0.25) is 0 Å². The van der Waals surface area contributed by atoms with Crippen molar-refractivity contribution >= 4 is 25.8 Å². The zero-order valence-electron chi connectivity index (χ0n) is 9.79. The quantitative estimate of drug-likeness (QED) is 0.696. The van der Waals surface area contributed by atoms with Gasteiger partial charge in [-0.1, -0.05) is 36.7 Å². The zero-order valence-corrected chi connectivity index (χ0v) is 12.2. The molecule has 3 nitrogen and oxygen atoms in total. The molecule has 0 spiro atoms. The molecule has 1 N–H and O–H groups in total. The molecular formula is C10H22BrNO2S. The van der Waals surface area contributed by atoms with Gasteiger partial charge in [-0.05, 0) is 12.3 Å². The van der Waals surface area contributed by atoms with Crippen LogP contribution in [0.15, 0.2) is 0 Å². The fourth-order valence-electron chi connectivity index (χ4n) is 1.28. The molecule has 0 aliphatic rings. The zero-order chi connectivity index (χ0) is 11.9. The molecule has 0 aromatic rings. The van der Waals surface area contributed by atoms with Crippen LogP contribution in [-0.2, 0) is 9.84 Å². The molecule has 0 radical (unpaired) electrons. The Bertz CT molecular complexity index is 252. The largest absolute Gasteiger partial charge is 0.312 e. The van der Waals surface area contributed by atoms with Crippen LogP contribution in [0.4, 0.5) is 0 Å². The number of halogens is 1. The number of rotatable bonds is 8. The van der Waals surface area contributed by atoms with Crippen LogP contribution in [0.3, 0.4) is 0 Å². The van der Waals surface area contributed by atoms with Gasteiger partial charge in [0, 0.05) is 23.7 Å². The van der Waals surface area contributed by atoms with Crippen molar-refractivity contribution in [3.63, 3.8) is 0 Å². The molecule has 0 fully saturated rings. The minimum atomic E-state index is -2.84. The minimum absolute atomic E-state index is 0.247. The molecule has 0 amide bonds. The molecule has 92 valence electrons. The van der Waals surface area contributed by atoms with Crippen LogP contribution in [0, 0.1) is 5.92 Å². The van der Waals surface area contributed by atoms with Crippen molar-refractivity contribution in [3.05, 3.63) is 0 Å². The molecule has 0 bridgehead atoms. The molecule has 0 heterocycles. The van der Waals surface area contributed by atoms with Gasteiger partial charge < -0.3 is 5.32 Å². The summed E-state index contributed by atoms with van der Waals surface area (Å²) in [6.07, 6.45) is 0.703. The highest BCUT2D eigenvalue weighted by molar-refractivity contribution is 9.09. The van der Waals surface area contributed by atoms with Gasteiger partial charge in [-0.2, -0.15) is 0 Å². The predicted molar refractivity (Wildman–Crippen MR) is 69.4 cm³/mol. The van der Waals surface area contributed by atoms with Gasteiger partial charge >= 0.3 is 0 Å². The lowest BCUT2D eigenvalue weighted by Crippen LogP contribution is -2.38. The summed E-state index contributed by atoms with van der Waals surface area (Å²) in [6.45, 7) is 6.69. The molecule has 15 heavy (non-hydrogen) atoms. The Morgan fingerprint density at radius 3 is 2.27 bits per heavy atom. The fourth-order valence-corrected chi connectivity index (χ4v) is 3.51. The third-order valence-electron chi connectivity index (χ3n) is 2.31. The molecule has 0 saturated carbocycles. The smallest absolute Gasteiger partial charge is 0.151 e. The standard InChI is InChI=1S/C10H22BrNO2S/c1-4-6-15(13,14)7-5-12-10(8-11)9(2)3/h9-10,12H,4-8H2,1-3H3. The SMILES string of the molecule is CCCS(=O)(=O)CCNC(CBr)C(C)C. The first-order chi connectivity index (χ1) is 6.93. The molecule has 0 aliphatic carbocycles. The predicted octanol–water partition coefficient (Wildman–Crippen LogP) is 1.82. The molecule has 0 aliphatic heterocycles. The summed E-state index contributed by atoms with van der Waals surface area (Å²) in [6, 6.07) is 0.349. The minimum Gasteiger partial charge on any atom is -0.312 e. The third kappa shape index (κ3) is 7.30. The molecule has 0 aromatic heterocycles. The lowest BCUT2D eigenvalue weighted by atomic mass is 10.1. The first kappa shape index (κ1) is 15.4. The second-order valence-corrected chi connectivity index (χ2v) is 7.06. The van der Waals surface area contributed by atoms with Gasteiger partial charge in [0.25, 0.3) is 0 Å². The van der Waals surface area contributed by atoms with Gasteiger partial charge in [0.2, 0.25) is 0 Å². The number of sulfone groups is 1. The second-order valence-electron chi connectivity index (χ2n) is 4.11. The van der Waals surface area contributed by atoms with Crippen molar-refractivity contribution in [3.8, 4) is 0 Å². The summed E-state index contributed by atoms with van der Waals surface area (Å²) >= 11 is 3.42. The van der Waals surface area contributed by atoms with Gasteiger partial charge in [-0.15, -0.1) is 0 Å². The maximum atomic E-state index is 11.4. The van der Waals surface area contributed by atoms with E-state index in [4.69, 9.17) is 0 Å². The van der Waals surface area contributed by atoms with Crippen LogP contribution >= 0.6 is 15.9 Å². The summed E-state index contributed by atoms with van der Waals surface area (Å²) in [7, 11) is -2.84. The van der Waals surface area contributed by atoms with E-state index in [9.17, 15) is 8.42 Å². The maximum Gasteiger partial charge on any atom is 0.151 e. The van der Waals surface area contributed by atoms with E-state index in [0.717, 1.165) is 5.33 Å². The Morgan fingerprint density at radius 2 is 1.87 bits per heavy atom. The molecule has 5 heteroatoms. The first-order valence-electron chi connectivity index (χ1n) is 5.42. The molecule has 0 saturated heterocycles. The Kier molecular flexibility index (Phi) is 7.83. The van der Waals surface area contributed by atoms with Gasteiger partial charge in [0.05, 0.1) is 5.75 Å². The summed E-state index contributed by atoms with van der Waals surface area (Å²) in [5.41, 5.74) is 0. The molecule has 1 atom stereocenters. The Morgan fingerprint density at radius 1 is 1.27 bits per heavy atom. The van der Waals surface area contributed by atoms with Gasteiger partial charge in [-0.3, -0.25) is 0 Å². The average molecular weight is 300 g/mol. The van der Waals surface area contributed by atoms with E-state index in [1.807, 2.05) is 6.92 Å². The van der Waals surface area contributed by atoms with Crippen LogP contribution < -0.4 is 5.32 Å². The van der Waals surface area contributed by atoms with Gasteiger partial charge in [-0.25, -0.2) is 8.42 Å². The van der Waals surface area contributed by atoms with E-state index in [-0.39, 0.29) is 5.75 Å². The fraction of sp³-hybridized carbons (Fsp3) is 1.00. The Labute approximate surface area is 102 Å². The highest BCUT2D eigenvalue weighted by Gasteiger charge is 2.13. The van der Waals surface area contributed by atoms with Crippen LogP contribution in [0.1, 0.15) is 27.2 Å². The van der Waals surface area contributed by atoms with Gasteiger partial charge in [0.15, 0.2) is 9.84 Å². The third-order valence-corrected chi connectivity index (χ3v) is 4.86. The van der Waals surface area contributed by atoms with Crippen molar-refractivity contribution in [1.82, 2.24) is 5.32 Å². The monoisotopic (exact) mass is 299 g/mol. The van der Waals surface area contributed by atoms with Gasteiger partial charge in [0.1, 0.15) is 0 Å². The Hall–Kier alpha value is 0.390. The summed E-state index contributed by atoms with van der Waals surface area (Å²) < 4.78 is 22.8. The van der Waals surface area contributed by atoms with E-state index in [1.165, 1.54) is 0 Å².